The number of ether oxygens (including phenoxy) is 1. The molecule has 60 valence electrons. The van der Waals surface area contributed by atoms with Crippen molar-refractivity contribution in [2.24, 2.45) is 0 Å². The largest absolute Gasteiger partial charge is 0.505 e. The molecular weight excluding hydrogens is 146 g/mol. The summed E-state index contributed by atoms with van der Waals surface area (Å²) in [6.07, 6.45) is 1.54. The molecule has 11 heavy (non-hydrogen) atoms. The zero-order chi connectivity index (χ0) is 8.43. The number of methoxy groups -OCH3 is 1. The molecule has 0 bridgehead atoms. The zero-order valence-corrected chi connectivity index (χ0v) is 6.34. The Kier molecular flexibility index (Phi) is 1.85. The average molecular weight is 155 g/mol. The van der Waals surface area contributed by atoms with Crippen molar-refractivity contribution < 1.29 is 14.6 Å². The van der Waals surface area contributed by atoms with Gasteiger partial charge in [-0.2, -0.15) is 0 Å². The minimum absolute atomic E-state index is 0.0446. The molecule has 0 saturated heterocycles. The Balaban J connectivity index is 3.04. The lowest BCUT2D eigenvalue weighted by molar-refractivity contribution is 0.0591. The van der Waals surface area contributed by atoms with Gasteiger partial charge in [0.05, 0.1) is 7.11 Å². The summed E-state index contributed by atoms with van der Waals surface area (Å²) in [4.78, 5) is 13.4. The van der Waals surface area contributed by atoms with Gasteiger partial charge >= 0.3 is 5.97 Å². The maximum absolute atomic E-state index is 10.8. The van der Waals surface area contributed by atoms with E-state index in [9.17, 15) is 9.90 Å². The third kappa shape index (κ3) is 1.19. The van der Waals surface area contributed by atoms with E-state index in [-0.39, 0.29) is 11.4 Å². The summed E-state index contributed by atoms with van der Waals surface area (Å²) in [5, 5.41) is 9.21. The number of carbonyl (C=O) groups excluding carboxylic acids is 1. The Morgan fingerprint density at radius 1 is 1.73 bits per heavy atom. The van der Waals surface area contributed by atoms with Crippen molar-refractivity contribution in [3.05, 3.63) is 17.5 Å². The third-order valence-corrected chi connectivity index (χ3v) is 1.43. The molecular formula is C7H9NO3. The molecule has 0 unspecified atom stereocenters. The molecule has 0 aromatic carbocycles. The van der Waals surface area contributed by atoms with Crippen molar-refractivity contribution in [3.8, 4) is 5.75 Å². The standard InChI is InChI=1S/C7H9NO3/c1-4-3-8-5(6(4)9)7(10)11-2/h3,8-9H,1-2H3. The van der Waals surface area contributed by atoms with Crippen LogP contribution < -0.4 is 0 Å². The number of aromatic nitrogens is 1. The number of esters is 1. The molecule has 0 atom stereocenters. The summed E-state index contributed by atoms with van der Waals surface area (Å²) in [6, 6.07) is 0. The van der Waals surface area contributed by atoms with E-state index in [1.165, 1.54) is 7.11 Å². The molecule has 0 fully saturated rings. The summed E-state index contributed by atoms with van der Waals surface area (Å²) in [6.45, 7) is 1.69. The molecule has 4 nitrogen and oxygen atoms in total. The molecule has 0 amide bonds. The van der Waals surface area contributed by atoms with Gasteiger partial charge < -0.3 is 14.8 Å². The molecule has 0 saturated carbocycles. The molecule has 4 heteroatoms. The Morgan fingerprint density at radius 3 is 2.73 bits per heavy atom. The SMILES string of the molecule is COC(=O)c1[nH]cc(C)c1O. The van der Waals surface area contributed by atoms with Crippen molar-refractivity contribution in [2.45, 2.75) is 6.92 Å². The molecule has 0 aliphatic heterocycles. The fourth-order valence-electron chi connectivity index (χ4n) is 0.772. The molecule has 0 aliphatic carbocycles. The van der Waals surface area contributed by atoms with Gasteiger partial charge in [-0.1, -0.05) is 0 Å². The average Bonchev–Trinajstić information content (AvgIpc) is 2.32. The van der Waals surface area contributed by atoms with E-state index in [4.69, 9.17) is 0 Å². The monoisotopic (exact) mass is 155 g/mol. The number of aryl methyl sites for hydroxylation is 1. The second kappa shape index (κ2) is 2.65. The highest BCUT2D eigenvalue weighted by Crippen LogP contribution is 2.20. The van der Waals surface area contributed by atoms with Gasteiger partial charge in [0, 0.05) is 11.8 Å². The van der Waals surface area contributed by atoms with Crippen molar-refractivity contribution >= 4 is 5.97 Å². The summed E-state index contributed by atoms with van der Waals surface area (Å²) < 4.78 is 4.40. The molecule has 1 rings (SSSR count). The number of rotatable bonds is 1. The predicted molar refractivity (Wildman–Crippen MR) is 38.5 cm³/mol. The number of hydrogen-bond acceptors (Lipinski definition) is 3. The first-order valence-corrected chi connectivity index (χ1v) is 3.12. The highest BCUT2D eigenvalue weighted by Gasteiger charge is 2.14. The minimum Gasteiger partial charge on any atom is -0.505 e. The highest BCUT2D eigenvalue weighted by atomic mass is 16.5. The van der Waals surface area contributed by atoms with E-state index in [0.29, 0.717) is 5.56 Å². The predicted octanol–water partition coefficient (Wildman–Crippen LogP) is 0.815. The van der Waals surface area contributed by atoms with E-state index >= 15 is 0 Å². The van der Waals surface area contributed by atoms with Crippen LogP contribution in [-0.2, 0) is 4.74 Å². The van der Waals surface area contributed by atoms with Crippen molar-refractivity contribution in [3.63, 3.8) is 0 Å². The normalized spacial score (nSPS) is 9.64. The van der Waals surface area contributed by atoms with Crippen LogP contribution in [0.3, 0.4) is 0 Å². The number of carbonyl (C=O) groups is 1. The van der Waals surface area contributed by atoms with Crippen LogP contribution in [0.5, 0.6) is 5.75 Å². The smallest absolute Gasteiger partial charge is 0.358 e. The summed E-state index contributed by atoms with van der Waals surface area (Å²) in [5.74, 6) is -0.604. The number of H-pyrrole nitrogens is 1. The lowest BCUT2D eigenvalue weighted by atomic mass is 10.3. The quantitative estimate of drug-likeness (QED) is 0.590. The van der Waals surface area contributed by atoms with E-state index in [1.807, 2.05) is 0 Å². The molecule has 1 heterocycles. The first-order chi connectivity index (χ1) is 5.16. The van der Waals surface area contributed by atoms with Gasteiger partial charge in [0.2, 0.25) is 0 Å². The molecule has 1 aromatic rings. The van der Waals surface area contributed by atoms with E-state index < -0.39 is 5.97 Å². The van der Waals surface area contributed by atoms with E-state index in [1.54, 1.807) is 13.1 Å². The van der Waals surface area contributed by atoms with Gasteiger partial charge in [-0.25, -0.2) is 4.79 Å². The van der Waals surface area contributed by atoms with Crippen LogP contribution in [-0.4, -0.2) is 23.2 Å². The van der Waals surface area contributed by atoms with Crippen LogP contribution in [0.15, 0.2) is 6.20 Å². The van der Waals surface area contributed by atoms with Gasteiger partial charge in [-0.15, -0.1) is 0 Å². The van der Waals surface area contributed by atoms with Crippen molar-refractivity contribution in [1.82, 2.24) is 4.98 Å². The number of hydrogen-bond donors (Lipinski definition) is 2. The van der Waals surface area contributed by atoms with Crippen molar-refractivity contribution in [1.29, 1.82) is 0 Å². The molecule has 0 radical (unpaired) electrons. The molecule has 0 aliphatic rings. The summed E-state index contributed by atoms with van der Waals surface area (Å²) in [7, 11) is 1.26. The van der Waals surface area contributed by atoms with Crippen molar-refractivity contribution in [2.75, 3.05) is 7.11 Å². The first kappa shape index (κ1) is 7.65. The minimum atomic E-state index is -0.560. The molecule has 2 N–H and O–H groups in total. The Morgan fingerprint density at radius 2 is 2.36 bits per heavy atom. The second-order valence-corrected chi connectivity index (χ2v) is 2.19. The van der Waals surface area contributed by atoms with Gasteiger partial charge in [0.25, 0.3) is 0 Å². The van der Waals surface area contributed by atoms with Crippen LogP contribution in [0.4, 0.5) is 0 Å². The Labute approximate surface area is 63.8 Å². The number of aromatic hydroxyl groups is 1. The third-order valence-electron chi connectivity index (χ3n) is 1.43. The maximum Gasteiger partial charge on any atom is 0.358 e. The topological polar surface area (TPSA) is 62.3 Å². The summed E-state index contributed by atoms with van der Waals surface area (Å²) in [5.41, 5.74) is 0.732. The van der Waals surface area contributed by atoms with Gasteiger partial charge in [-0.3, -0.25) is 0 Å². The fraction of sp³-hybridized carbons (Fsp3) is 0.286. The fourth-order valence-corrected chi connectivity index (χ4v) is 0.772. The van der Waals surface area contributed by atoms with Gasteiger partial charge in [0.1, 0.15) is 0 Å². The van der Waals surface area contributed by atoms with Crippen LogP contribution in [0.25, 0.3) is 0 Å². The van der Waals surface area contributed by atoms with Crippen LogP contribution in [0, 0.1) is 6.92 Å². The van der Waals surface area contributed by atoms with Gasteiger partial charge in [0.15, 0.2) is 11.4 Å². The number of nitrogens with one attached hydrogen (secondary N) is 1. The van der Waals surface area contributed by atoms with Crippen LogP contribution in [0.2, 0.25) is 0 Å². The molecule has 1 aromatic heterocycles. The van der Waals surface area contributed by atoms with Crippen LogP contribution in [0.1, 0.15) is 16.1 Å². The lowest BCUT2D eigenvalue weighted by Crippen LogP contribution is -2.01. The van der Waals surface area contributed by atoms with Gasteiger partial charge in [-0.05, 0) is 6.92 Å². The Bertz CT molecular complexity index is 277. The first-order valence-electron chi connectivity index (χ1n) is 3.12. The molecule has 0 spiro atoms. The summed E-state index contributed by atoms with van der Waals surface area (Å²) >= 11 is 0. The van der Waals surface area contributed by atoms with Crippen LogP contribution >= 0.6 is 0 Å². The highest BCUT2D eigenvalue weighted by molar-refractivity contribution is 5.90. The number of aromatic amines is 1. The van der Waals surface area contributed by atoms with E-state index in [0.717, 1.165) is 0 Å². The van der Waals surface area contributed by atoms with E-state index in [2.05, 4.69) is 9.72 Å². The Hall–Kier alpha value is -1.45. The zero-order valence-electron chi connectivity index (χ0n) is 6.34. The second-order valence-electron chi connectivity index (χ2n) is 2.19. The lowest BCUT2D eigenvalue weighted by Gasteiger charge is -1.95. The maximum atomic E-state index is 10.8.